The molecule has 0 spiro atoms. The van der Waals surface area contributed by atoms with E-state index in [0.29, 0.717) is 32.0 Å². The summed E-state index contributed by atoms with van der Waals surface area (Å²) in [7, 11) is 0. The second-order valence-electron chi connectivity index (χ2n) is 17.5. The average Bonchev–Trinajstić information content (AvgIpc) is 3.14. The lowest BCUT2D eigenvalue weighted by atomic mass is 9.84. The summed E-state index contributed by atoms with van der Waals surface area (Å²) in [5, 5.41) is 9.61. The lowest BCUT2D eigenvalue weighted by Gasteiger charge is -2.25. The molecule has 0 aliphatic carbocycles. The number of aliphatic hydroxyl groups is 1. The third-order valence-corrected chi connectivity index (χ3v) is 11.6. The number of esters is 2. The van der Waals surface area contributed by atoms with E-state index in [1.165, 1.54) is 135 Å². The maximum absolute atomic E-state index is 12.5. The van der Waals surface area contributed by atoms with Gasteiger partial charge in [0.2, 0.25) is 0 Å². The Morgan fingerprint density at radius 2 is 0.889 bits per heavy atom. The summed E-state index contributed by atoms with van der Waals surface area (Å²) in [5.74, 6) is 0.658. The number of unbranched alkanes of at least 4 members (excludes halogenated alkanes) is 21. The Morgan fingerprint density at radius 1 is 0.481 bits per heavy atom. The number of carbonyl (C=O) groups excluding carboxylic acids is 2. The van der Waals surface area contributed by atoms with Crippen LogP contribution in [0.1, 0.15) is 247 Å². The molecule has 0 amide bonds. The smallest absolute Gasteiger partial charge is 0.305 e. The van der Waals surface area contributed by atoms with Crippen molar-refractivity contribution in [2.24, 2.45) is 11.3 Å². The van der Waals surface area contributed by atoms with Crippen molar-refractivity contribution in [3.63, 3.8) is 0 Å². The van der Waals surface area contributed by atoms with Crippen LogP contribution in [-0.2, 0) is 19.1 Å². The Kier molecular flexibility index (Phi) is 39.2. The Hall–Kier alpha value is -1.14. The van der Waals surface area contributed by atoms with Crippen molar-refractivity contribution in [3.8, 4) is 0 Å². The SMILES string of the molecule is CCCCCCCCCC(=O)OCCC(C)(C)CCCCCN(CCO)CCCCCCC(=O)OCCC(CCCCCCCC)CCCCCCCC. The fourth-order valence-electron chi connectivity index (χ4n) is 7.69. The van der Waals surface area contributed by atoms with Gasteiger partial charge in [-0.3, -0.25) is 9.59 Å². The first-order chi connectivity index (χ1) is 26.3. The van der Waals surface area contributed by atoms with Crippen LogP contribution in [0.3, 0.4) is 0 Å². The summed E-state index contributed by atoms with van der Waals surface area (Å²) in [6.07, 6.45) is 39.2. The number of carbonyl (C=O) groups is 2. The fourth-order valence-corrected chi connectivity index (χ4v) is 7.69. The van der Waals surface area contributed by atoms with Crippen molar-refractivity contribution in [2.75, 3.05) is 39.5 Å². The van der Waals surface area contributed by atoms with Gasteiger partial charge in [0, 0.05) is 19.4 Å². The lowest BCUT2D eigenvalue weighted by molar-refractivity contribution is -0.145. The third-order valence-electron chi connectivity index (χ3n) is 11.6. The summed E-state index contributed by atoms with van der Waals surface area (Å²) in [6.45, 7) is 15.5. The molecule has 0 unspecified atom stereocenters. The molecule has 0 rings (SSSR count). The first kappa shape index (κ1) is 52.9. The number of hydrogen-bond donors (Lipinski definition) is 1. The van der Waals surface area contributed by atoms with Crippen LogP contribution in [-0.4, -0.2) is 61.4 Å². The highest BCUT2D eigenvalue weighted by Crippen LogP contribution is 2.28. The molecule has 6 heteroatoms. The monoisotopic (exact) mass is 766 g/mol. The largest absolute Gasteiger partial charge is 0.466 e. The van der Waals surface area contributed by atoms with Crippen LogP contribution >= 0.6 is 0 Å². The molecule has 0 aliphatic heterocycles. The van der Waals surface area contributed by atoms with E-state index in [1.807, 2.05) is 0 Å². The number of aliphatic hydroxyl groups excluding tert-OH is 1. The van der Waals surface area contributed by atoms with Gasteiger partial charge in [-0.2, -0.15) is 0 Å². The minimum atomic E-state index is -0.0303. The third kappa shape index (κ3) is 37.8. The van der Waals surface area contributed by atoms with E-state index in [1.54, 1.807) is 0 Å². The van der Waals surface area contributed by atoms with Crippen molar-refractivity contribution in [2.45, 2.75) is 247 Å². The Labute approximate surface area is 337 Å². The Bertz CT molecular complexity index is 786. The summed E-state index contributed by atoms with van der Waals surface area (Å²) in [6, 6.07) is 0. The van der Waals surface area contributed by atoms with E-state index in [0.717, 1.165) is 83.8 Å². The molecule has 0 radical (unpaired) electrons. The van der Waals surface area contributed by atoms with E-state index in [4.69, 9.17) is 9.47 Å². The second kappa shape index (κ2) is 40.1. The number of rotatable bonds is 43. The molecule has 54 heavy (non-hydrogen) atoms. The minimum Gasteiger partial charge on any atom is -0.466 e. The summed E-state index contributed by atoms with van der Waals surface area (Å²) in [5.41, 5.74) is 0.180. The fraction of sp³-hybridized carbons (Fsp3) is 0.958. The normalized spacial score (nSPS) is 11.9. The van der Waals surface area contributed by atoms with Crippen LogP contribution in [0.5, 0.6) is 0 Å². The van der Waals surface area contributed by atoms with Crippen molar-refractivity contribution in [1.82, 2.24) is 4.90 Å². The minimum absolute atomic E-state index is 0.0159. The van der Waals surface area contributed by atoms with Gasteiger partial charge in [-0.25, -0.2) is 0 Å². The highest BCUT2D eigenvalue weighted by Gasteiger charge is 2.18. The van der Waals surface area contributed by atoms with Crippen molar-refractivity contribution in [3.05, 3.63) is 0 Å². The van der Waals surface area contributed by atoms with Crippen LogP contribution in [0.15, 0.2) is 0 Å². The van der Waals surface area contributed by atoms with E-state index >= 15 is 0 Å². The molecule has 0 saturated carbocycles. The Morgan fingerprint density at radius 3 is 1.37 bits per heavy atom. The highest BCUT2D eigenvalue weighted by atomic mass is 16.5. The molecular weight excluding hydrogens is 671 g/mol. The maximum atomic E-state index is 12.5. The standard InChI is InChI=1S/C48H95NO5/c1-6-9-12-15-18-21-27-35-47(52)54-44-38-48(4,5)37-29-24-31-40-49(41-42-50)39-30-23-22-28-34-46(51)53-43-36-45(32-25-19-16-13-10-7-2)33-26-20-17-14-11-8-3/h45,50H,6-44H2,1-5H3. The molecule has 1 N–H and O–H groups in total. The van der Waals surface area contributed by atoms with Gasteiger partial charge < -0.3 is 19.5 Å². The highest BCUT2D eigenvalue weighted by molar-refractivity contribution is 5.69. The zero-order valence-electron chi connectivity index (χ0n) is 37.2. The maximum Gasteiger partial charge on any atom is 0.305 e. The molecule has 0 heterocycles. The average molecular weight is 766 g/mol. The molecule has 0 atom stereocenters. The van der Waals surface area contributed by atoms with E-state index in [9.17, 15) is 14.7 Å². The quantitative estimate of drug-likeness (QED) is 0.0492. The van der Waals surface area contributed by atoms with Gasteiger partial charge in [0.25, 0.3) is 0 Å². The van der Waals surface area contributed by atoms with Crippen LogP contribution in [0.4, 0.5) is 0 Å². The lowest BCUT2D eigenvalue weighted by Crippen LogP contribution is -2.29. The summed E-state index contributed by atoms with van der Waals surface area (Å²) >= 11 is 0. The number of ether oxygens (including phenoxy) is 2. The molecule has 0 aromatic rings. The summed E-state index contributed by atoms with van der Waals surface area (Å²) in [4.78, 5) is 27.0. The zero-order chi connectivity index (χ0) is 39.8. The first-order valence-electron chi connectivity index (χ1n) is 23.9. The van der Waals surface area contributed by atoms with E-state index in [2.05, 4.69) is 39.5 Å². The van der Waals surface area contributed by atoms with Gasteiger partial charge in [-0.05, 0) is 69.4 Å². The number of nitrogens with zero attached hydrogens (tertiary/aromatic N) is 1. The van der Waals surface area contributed by atoms with Gasteiger partial charge in [-0.15, -0.1) is 0 Å². The van der Waals surface area contributed by atoms with Crippen LogP contribution < -0.4 is 0 Å². The van der Waals surface area contributed by atoms with E-state index in [-0.39, 0.29) is 24.0 Å². The van der Waals surface area contributed by atoms with Crippen LogP contribution in [0, 0.1) is 11.3 Å². The first-order valence-corrected chi connectivity index (χ1v) is 23.9. The summed E-state index contributed by atoms with van der Waals surface area (Å²) < 4.78 is 11.3. The van der Waals surface area contributed by atoms with Gasteiger partial charge in [-0.1, -0.05) is 189 Å². The van der Waals surface area contributed by atoms with Crippen molar-refractivity contribution in [1.29, 1.82) is 0 Å². The second-order valence-corrected chi connectivity index (χ2v) is 17.5. The Balaban J connectivity index is 4.06. The molecule has 322 valence electrons. The molecule has 0 fully saturated rings. The number of hydrogen-bond acceptors (Lipinski definition) is 6. The van der Waals surface area contributed by atoms with E-state index < -0.39 is 0 Å². The van der Waals surface area contributed by atoms with Crippen LogP contribution in [0.25, 0.3) is 0 Å². The molecule has 0 saturated heterocycles. The molecule has 0 bridgehead atoms. The predicted molar refractivity (Wildman–Crippen MR) is 232 cm³/mol. The van der Waals surface area contributed by atoms with Gasteiger partial charge in [0.15, 0.2) is 0 Å². The molecule has 0 aromatic carbocycles. The molecule has 0 aliphatic rings. The van der Waals surface area contributed by atoms with Gasteiger partial charge in [0.05, 0.1) is 19.8 Å². The molecule has 6 nitrogen and oxygen atoms in total. The molecular formula is C48H95NO5. The van der Waals surface area contributed by atoms with Crippen molar-refractivity contribution >= 4 is 11.9 Å². The topological polar surface area (TPSA) is 76.1 Å². The predicted octanol–water partition coefficient (Wildman–Crippen LogP) is 13.9. The molecule has 0 aromatic heterocycles. The zero-order valence-corrected chi connectivity index (χ0v) is 37.2. The van der Waals surface area contributed by atoms with Gasteiger partial charge in [0.1, 0.15) is 0 Å². The van der Waals surface area contributed by atoms with Gasteiger partial charge >= 0.3 is 11.9 Å². The van der Waals surface area contributed by atoms with Crippen LogP contribution in [0.2, 0.25) is 0 Å². The van der Waals surface area contributed by atoms with Crippen molar-refractivity contribution < 1.29 is 24.2 Å².